The van der Waals surface area contributed by atoms with Gasteiger partial charge in [-0.05, 0) is 19.0 Å². The number of anilines is 1. The van der Waals surface area contributed by atoms with E-state index in [0.29, 0.717) is 57.2 Å². The Morgan fingerprint density at radius 1 is 1.14 bits per heavy atom. The summed E-state index contributed by atoms with van der Waals surface area (Å²) in [5, 5.41) is 5.75. The second-order valence-electron chi connectivity index (χ2n) is 12.8. The third kappa shape index (κ3) is 7.01. The molecule has 0 bridgehead atoms. The molecule has 0 saturated carbocycles. The number of amides is 2. The number of hydrogen-bond donors (Lipinski definition) is 2. The molecular formula is C30H40F2N4O6Si. The van der Waals surface area contributed by atoms with Gasteiger partial charge in [-0.3, -0.25) is 0 Å². The van der Waals surface area contributed by atoms with Gasteiger partial charge in [-0.15, -0.1) is 0 Å². The molecule has 2 fully saturated rings. The average molecular weight is 619 g/mol. The van der Waals surface area contributed by atoms with Gasteiger partial charge in [0, 0.05) is 69.0 Å². The maximum atomic E-state index is 15.3. The lowest BCUT2D eigenvalue weighted by Crippen LogP contribution is -2.49. The van der Waals surface area contributed by atoms with E-state index in [4.69, 9.17) is 23.7 Å². The molecule has 2 aliphatic heterocycles. The van der Waals surface area contributed by atoms with Crippen LogP contribution >= 0.6 is 0 Å². The van der Waals surface area contributed by atoms with Crippen molar-refractivity contribution >= 4 is 30.8 Å². The molecule has 0 atom stereocenters. The summed E-state index contributed by atoms with van der Waals surface area (Å²) in [7, 11) is -1.28. The van der Waals surface area contributed by atoms with Gasteiger partial charge in [0.25, 0.3) is 0 Å². The summed E-state index contributed by atoms with van der Waals surface area (Å²) in [5.41, 5.74) is 0.338. The van der Waals surface area contributed by atoms with E-state index in [-0.39, 0.29) is 23.6 Å². The molecule has 10 nitrogen and oxygen atoms in total. The molecule has 0 aliphatic carbocycles. The number of benzene rings is 1. The second-order valence-corrected chi connectivity index (χ2v) is 18.4. The number of fused-ring (bicyclic) bond motifs is 1. The SMILES string of the molecule is CCOC1(c2cn(COCC[Si](C)(C)C)c3nccc(Oc4c(F)cc(NC(=O)NCC5(C)COC5)cc4F)c23)COC1. The summed E-state index contributed by atoms with van der Waals surface area (Å²) in [6.45, 7) is 14.1. The van der Waals surface area contributed by atoms with Crippen LogP contribution in [0.1, 0.15) is 19.4 Å². The van der Waals surface area contributed by atoms with Crippen molar-refractivity contribution in [3.05, 3.63) is 47.8 Å². The van der Waals surface area contributed by atoms with E-state index in [0.717, 1.165) is 23.7 Å². The van der Waals surface area contributed by atoms with Crippen molar-refractivity contribution < 1.29 is 37.3 Å². The first-order chi connectivity index (χ1) is 20.4. The summed E-state index contributed by atoms with van der Waals surface area (Å²) >= 11 is 0. The van der Waals surface area contributed by atoms with Crippen LogP contribution in [0.4, 0.5) is 19.3 Å². The largest absolute Gasteiger partial charge is 0.450 e. The van der Waals surface area contributed by atoms with Crippen LogP contribution < -0.4 is 15.4 Å². The molecule has 2 N–H and O–H groups in total. The number of carbonyl (C=O) groups is 1. The Balaban J connectivity index is 1.40. The fourth-order valence-corrected chi connectivity index (χ4v) is 5.75. The van der Waals surface area contributed by atoms with Gasteiger partial charge in [-0.2, -0.15) is 0 Å². The Labute approximate surface area is 251 Å². The molecule has 0 radical (unpaired) electrons. The van der Waals surface area contributed by atoms with Crippen LogP contribution in [0, 0.1) is 17.0 Å². The molecule has 4 heterocycles. The summed E-state index contributed by atoms with van der Waals surface area (Å²) in [4.78, 5) is 16.9. The fraction of sp³-hybridized carbons (Fsp3) is 0.533. The highest BCUT2D eigenvalue weighted by molar-refractivity contribution is 6.76. The summed E-state index contributed by atoms with van der Waals surface area (Å²) < 4.78 is 61.2. The smallest absolute Gasteiger partial charge is 0.319 e. The number of pyridine rings is 1. The zero-order valence-electron chi connectivity index (χ0n) is 25.4. The monoisotopic (exact) mass is 618 g/mol. The van der Waals surface area contributed by atoms with Crippen molar-refractivity contribution in [2.75, 3.05) is 51.5 Å². The van der Waals surface area contributed by atoms with Gasteiger partial charge in [0.1, 0.15) is 23.7 Å². The van der Waals surface area contributed by atoms with E-state index in [1.807, 2.05) is 24.6 Å². The normalized spacial score (nSPS) is 17.3. The van der Waals surface area contributed by atoms with E-state index in [2.05, 4.69) is 35.3 Å². The minimum Gasteiger partial charge on any atom is -0.450 e. The zero-order chi connectivity index (χ0) is 30.8. The van der Waals surface area contributed by atoms with E-state index in [9.17, 15) is 4.79 Å². The van der Waals surface area contributed by atoms with Crippen molar-refractivity contribution in [3.63, 3.8) is 0 Å². The number of halogens is 2. The predicted molar refractivity (Wildman–Crippen MR) is 160 cm³/mol. The Kier molecular flexibility index (Phi) is 9.09. The van der Waals surface area contributed by atoms with Gasteiger partial charge in [0.05, 0.1) is 31.8 Å². The molecular weight excluding hydrogens is 578 g/mol. The van der Waals surface area contributed by atoms with E-state index < -0.39 is 37.1 Å². The molecule has 13 heteroatoms. The van der Waals surface area contributed by atoms with Crippen molar-refractivity contribution in [2.24, 2.45) is 5.41 Å². The molecule has 234 valence electrons. The van der Waals surface area contributed by atoms with Gasteiger partial charge in [-0.25, -0.2) is 18.6 Å². The van der Waals surface area contributed by atoms with Crippen molar-refractivity contribution in [2.45, 2.75) is 51.9 Å². The average Bonchev–Trinajstić information content (AvgIpc) is 3.27. The fourth-order valence-electron chi connectivity index (χ4n) is 5.00. The minimum absolute atomic E-state index is 0.0426. The van der Waals surface area contributed by atoms with Crippen LogP contribution in [0.2, 0.25) is 25.7 Å². The van der Waals surface area contributed by atoms with E-state index in [1.165, 1.54) is 6.20 Å². The first-order valence-electron chi connectivity index (χ1n) is 14.5. The lowest BCUT2D eigenvalue weighted by Gasteiger charge is -2.41. The maximum absolute atomic E-state index is 15.3. The topological polar surface area (TPSA) is 105 Å². The van der Waals surface area contributed by atoms with E-state index in [1.54, 1.807) is 6.07 Å². The van der Waals surface area contributed by atoms with Gasteiger partial charge in [0.2, 0.25) is 0 Å². The number of hydrogen-bond acceptors (Lipinski definition) is 7. The van der Waals surface area contributed by atoms with Gasteiger partial charge >= 0.3 is 6.03 Å². The van der Waals surface area contributed by atoms with Gasteiger partial charge in [0.15, 0.2) is 17.4 Å². The number of nitrogens with one attached hydrogen (secondary N) is 2. The molecule has 3 aromatic rings. The van der Waals surface area contributed by atoms with Crippen LogP contribution in [0.3, 0.4) is 0 Å². The van der Waals surface area contributed by atoms with Crippen molar-refractivity contribution in [1.82, 2.24) is 14.9 Å². The Bertz CT molecular complexity index is 1450. The van der Waals surface area contributed by atoms with Gasteiger partial charge in [-0.1, -0.05) is 26.6 Å². The second kappa shape index (κ2) is 12.5. The van der Waals surface area contributed by atoms with Crippen molar-refractivity contribution in [3.8, 4) is 11.5 Å². The molecule has 2 saturated heterocycles. The van der Waals surface area contributed by atoms with E-state index >= 15 is 8.78 Å². The Morgan fingerprint density at radius 3 is 2.42 bits per heavy atom. The maximum Gasteiger partial charge on any atom is 0.319 e. The number of nitrogens with zero attached hydrogens (tertiary/aromatic N) is 2. The molecule has 43 heavy (non-hydrogen) atoms. The first-order valence-corrected chi connectivity index (χ1v) is 18.2. The number of urea groups is 1. The lowest BCUT2D eigenvalue weighted by molar-refractivity contribution is -0.213. The lowest BCUT2D eigenvalue weighted by atomic mass is 9.89. The quantitative estimate of drug-likeness (QED) is 0.183. The molecule has 2 aliphatic rings. The molecule has 0 unspecified atom stereocenters. The number of aromatic nitrogens is 2. The standard InChI is InChI=1S/C30H40F2N4O6Si/c1-6-41-30(17-40-18-30)21-13-36(19-38-9-10-43(3,4)5)27-25(21)24(7-8-33-27)42-26-22(31)11-20(12-23(26)32)35-28(37)34-14-29(2)15-39-16-29/h7-8,11-13H,6,9-10,14-19H2,1-5H3,(H2,34,35,37). The third-order valence-electron chi connectivity index (χ3n) is 7.57. The number of rotatable bonds is 13. The summed E-state index contributed by atoms with van der Waals surface area (Å²) in [6, 6.07) is 4.04. The highest BCUT2D eigenvalue weighted by atomic mass is 28.3. The highest BCUT2D eigenvalue weighted by Crippen LogP contribution is 2.43. The molecule has 5 rings (SSSR count). The number of ether oxygens (including phenoxy) is 5. The van der Waals surface area contributed by atoms with Gasteiger partial charge < -0.3 is 38.9 Å². The molecule has 2 aromatic heterocycles. The minimum atomic E-state index is -1.28. The molecule has 0 spiro atoms. The molecule has 1 aromatic carbocycles. The zero-order valence-corrected chi connectivity index (χ0v) is 26.4. The van der Waals surface area contributed by atoms with Crippen LogP contribution in [0.5, 0.6) is 11.5 Å². The van der Waals surface area contributed by atoms with Crippen LogP contribution in [-0.4, -0.2) is 69.8 Å². The Morgan fingerprint density at radius 2 is 1.84 bits per heavy atom. The first kappa shape index (κ1) is 31.3. The number of carbonyl (C=O) groups excluding carboxylic acids is 1. The molecule has 2 amide bonds. The summed E-state index contributed by atoms with van der Waals surface area (Å²) in [5.74, 6) is -2.33. The third-order valence-corrected chi connectivity index (χ3v) is 9.28. The highest BCUT2D eigenvalue weighted by Gasteiger charge is 2.44. The van der Waals surface area contributed by atoms with Crippen LogP contribution in [-0.2, 0) is 31.3 Å². The summed E-state index contributed by atoms with van der Waals surface area (Å²) in [6.07, 6.45) is 3.42. The predicted octanol–water partition coefficient (Wildman–Crippen LogP) is 5.84. The van der Waals surface area contributed by atoms with Crippen LogP contribution in [0.15, 0.2) is 30.6 Å². The Hall–Kier alpha value is -3.10. The van der Waals surface area contributed by atoms with Crippen molar-refractivity contribution in [1.29, 1.82) is 0 Å². The van der Waals surface area contributed by atoms with Crippen LogP contribution in [0.25, 0.3) is 11.0 Å².